The van der Waals surface area contributed by atoms with Crippen LogP contribution in [0.5, 0.6) is 0 Å². The van der Waals surface area contributed by atoms with Crippen LogP contribution in [0.3, 0.4) is 0 Å². The summed E-state index contributed by atoms with van der Waals surface area (Å²) in [6, 6.07) is 3.54. The van der Waals surface area contributed by atoms with Gasteiger partial charge < -0.3 is 4.74 Å². The standard InChI is InChI=1S/C11H15ClF2N2O3S/c1-16(5-6-19-2)20(17,18)15-8-3-4-10(12)9(7-8)11(13)14/h3-4,7,11,15H,5-6H2,1-2H3. The van der Waals surface area contributed by atoms with Gasteiger partial charge in [0.25, 0.3) is 6.43 Å². The molecule has 0 aromatic heterocycles. The largest absolute Gasteiger partial charge is 0.383 e. The summed E-state index contributed by atoms with van der Waals surface area (Å²) >= 11 is 5.61. The average Bonchev–Trinajstić information content (AvgIpc) is 2.37. The molecule has 0 bridgehead atoms. The van der Waals surface area contributed by atoms with Gasteiger partial charge in [0.1, 0.15) is 0 Å². The third kappa shape index (κ3) is 4.55. The number of halogens is 3. The van der Waals surface area contributed by atoms with Gasteiger partial charge in [0, 0.05) is 31.3 Å². The quantitative estimate of drug-likeness (QED) is 0.836. The SMILES string of the molecule is COCCN(C)S(=O)(=O)Nc1ccc(Cl)c(C(F)F)c1. The Balaban J connectivity index is 2.90. The highest BCUT2D eigenvalue weighted by Crippen LogP contribution is 2.29. The molecule has 1 aromatic carbocycles. The van der Waals surface area contributed by atoms with Gasteiger partial charge in [-0.05, 0) is 18.2 Å². The maximum Gasteiger partial charge on any atom is 0.301 e. The van der Waals surface area contributed by atoms with Crippen molar-refractivity contribution in [2.45, 2.75) is 6.43 Å². The first-order chi connectivity index (χ1) is 9.27. The van der Waals surface area contributed by atoms with Crippen molar-refractivity contribution in [3.63, 3.8) is 0 Å². The molecule has 0 unspecified atom stereocenters. The summed E-state index contributed by atoms with van der Waals surface area (Å²) in [7, 11) is -1.03. The number of likely N-dealkylation sites (N-methyl/N-ethyl adjacent to an activating group) is 1. The number of anilines is 1. The van der Waals surface area contributed by atoms with Crippen LogP contribution in [-0.4, -0.2) is 40.0 Å². The molecule has 1 N–H and O–H groups in total. The molecular formula is C11H15ClF2N2O3S. The minimum absolute atomic E-state index is 0.0222. The Kier molecular flexibility index (Phi) is 6.12. The Hall–Kier alpha value is -0.960. The maximum absolute atomic E-state index is 12.7. The highest BCUT2D eigenvalue weighted by Gasteiger charge is 2.19. The molecule has 0 aliphatic heterocycles. The Morgan fingerprint density at radius 2 is 2.10 bits per heavy atom. The predicted molar refractivity (Wildman–Crippen MR) is 73.5 cm³/mol. The molecule has 0 saturated heterocycles. The van der Waals surface area contributed by atoms with E-state index in [0.29, 0.717) is 0 Å². The molecule has 1 aromatic rings. The van der Waals surface area contributed by atoms with E-state index in [1.165, 1.54) is 26.3 Å². The molecule has 0 atom stereocenters. The molecular weight excluding hydrogens is 314 g/mol. The zero-order valence-electron chi connectivity index (χ0n) is 10.9. The van der Waals surface area contributed by atoms with Gasteiger partial charge in [-0.3, -0.25) is 4.72 Å². The average molecular weight is 329 g/mol. The van der Waals surface area contributed by atoms with Crippen LogP contribution < -0.4 is 4.72 Å². The number of methoxy groups -OCH3 is 1. The van der Waals surface area contributed by atoms with E-state index in [9.17, 15) is 17.2 Å². The first-order valence-corrected chi connectivity index (χ1v) is 7.40. The normalized spacial score (nSPS) is 12.2. The van der Waals surface area contributed by atoms with Crippen molar-refractivity contribution in [2.75, 3.05) is 32.0 Å². The number of hydrogen-bond acceptors (Lipinski definition) is 3. The maximum atomic E-state index is 12.7. The first-order valence-electron chi connectivity index (χ1n) is 5.58. The van der Waals surface area contributed by atoms with Crippen LogP contribution in [0.25, 0.3) is 0 Å². The Morgan fingerprint density at radius 3 is 2.65 bits per heavy atom. The third-order valence-corrected chi connectivity index (χ3v) is 4.34. The minimum Gasteiger partial charge on any atom is -0.383 e. The smallest absolute Gasteiger partial charge is 0.301 e. The number of nitrogens with zero attached hydrogens (tertiary/aromatic N) is 1. The van der Waals surface area contributed by atoms with Gasteiger partial charge in [-0.25, -0.2) is 8.78 Å². The molecule has 20 heavy (non-hydrogen) atoms. The van der Waals surface area contributed by atoms with Crippen LogP contribution in [0.15, 0.2) is 18.2 Å². The zero-order chi connectivity index (χ0) is 15.3. The Bertz CT molecular complexity index is 555. The van der Waals surface area contributed by atoms with Crippen molar-refractivity contribution < 1.29 is 21.9 Å². The second kappa shape index (κ2) is 7.16. The fourth-order valence-electron chi connectivity index (χ4n) is 1.34. The summed E-state index contributed by atoms with van der Waals surface area (Å²) in [6.45, 7) is 0.363. The molecule has 1 rings (SSSR count). The molecule has 114 valence electrons. The van der Waals surface area contributed by atoms with Gasteiger partial charge in [-0.15, -0.1) is 0 Å². The van der Waals surface area contributed by atoms with Gasteiger partial charge >= 0.3 is 10.2 Å². The van der Waals surface area contributed by atoms with Gasteiger partial charge in [0.2, 0.25) is 0 Å². The molecule has 0 heterocycles. The molecule has 0 radical (unpaired) electrons. The highest BCUT2D eigenvalue weighted by molar-refractivity contribution is 7.90. The van der Waals surface area contributed by atoms with Crippen molar-refractivity contribution >= 4 is 27.5 Å². The molecule has 0 spiro atoms. The summed E-state index contributed by atoms with van der Waals surface area (Å²) in [6.07, 6.45) is -2.78. The van der Waals surface area contributed by atoms with E-state index in [2.05, 4.69) is 4.72 Å². The molecule has 0 saturated carbocycles. The van der Waals surface area contributed by atoms with Crippen LogP contribution in [-0.2, 0) is 14.9 Å². The van der Waals surface area contributed by atoms with Gasteiger partial charge in [0.15, 0.2) is 0 Å². The summed E-state index contributed by atoms with van der Waals surface area (Å²) in [5, 5.41) is -0.115. The van der Waals surface area contributed by atoms with E-state index >= 15 is 0 Å². The molecule has 0 fully saturated rings. The molecule has 0 aliphatic carbocycles. The Morgan fingerprint density at radius 1 is 1.45 bits per heavy atom. The fraction of sp³-hybridized carbons (Fsp3) is 0.455. The minimum atomic E-state index is -3.83. The van der Waals surface area contributed by atoms with Crippen LogP contribution in [0, 0.1) is 0 Å². The van der Waals surface area contributed by atoms with Gasteiger partial charge in [0.05, 0.1) is 12.3 Å². The van der Waals surface area contributed by atoms with Crippen LogP contribution in [0.1, 0.15) is 12.0 Å². The van der Waals surface area contributed by atoms with Crippen molar-refractivity contribution in [2.24, 2.45) is 0 Å². The lowest BCUT2D eigenvalue weighted by atomic mass is 10.2. The van der Waals surface area contributed by atoms with Crippen molar-refractivity contribution in [3.8, 4) is 0 Å². The predicted octanol–water partition coefficient (Wildman–Crippen LogP) is 2.51. The van der Waals surface area contributed by atoms with Crippen LogP contribution in [0.2, 0.25) is 5.02 Å². The lowest BCUT2D eigenvalue weighted by Gasteiger charge is -2.18. The third-order valence-electron chi connectivity index (χ3n) is 2.50. The van der Waals surface area contributed by atoms with E-state index in [1.807, 2.05) is 0 Å². The zero-order valence-corrected chi connectivity index (χ0v) is 12.5. The van der Waals surface area contributed by atoms with Gasteiger partial charge in [-0.1, -0.05) is 11.6 Å². The van der Waals surface area contributed by atoms with E-state index in [-0.39, 0.29) is 23.9 Å². The number of hydrogen-bond donors (Lipinski definition) is 1. The van der Waals surface area contributed by atoms with Crippen LogP contribution >= 0.6 is 11.6 Å². The molecule has 0 aliphatic rings. The van der Waals surface area contributed by atoms with Crippen molar-refractivity contribution in [1.82, 2.24) is 4.31 Å². The first kappa shape index (κ1) is 17.1. The van der Waals surface area contributed by atoms with E-state index in [4.69, 9.17) is 16.3 Å². The monoisotopic (exact) mass is 328 g/mol. The molecule has 5 nitrogen and oxygen atoms in total. The molecule has 0 amide bonds. The van der Waals surface area contributed by atoms with Gasteiger partial charge in [-0.2, -0.15) is 12.7 Å². The number of ether oxygens (including phenoxy) is 1. The second-order valence-corrected chi connectivity index (χ2v) is 6.14. The fourth-order valence-corrected chi connectivity index (χ4v) is 2.44. The number of alkyl halides is 2. The summed E-state index contributed by atoms with van der Waals surface area (Å²) < 4.78 is 57.2. The van der Waals surface area contributed by atoms with Crippen LogP contribution in [0.4, 0.5) is 14.5 Å². The second-order valence-electron chi connectivity index (χ2n) is 3.96. The number of benzene rings is 1. The number of nitrogens with one attached hydrogen (secondary N) is 1. The van der Waals surface area contributed by atoms with E-state index in [0.717, 1.165) is 10.4 Å². The summed E-state index contributed by atoms with van der Waals surface area (Å²) in [5.74, 6) is 0. The molecule has 9 heteroatoms. The Labute approximate surface area is 121 Å². The summed E-state index contributed by atoms with van der Waals surface area (Å²) in [4.78, 5) is 0. The number of rotatable bonds is 7. The lowest BCUT2D eigenvalue weighted by molar-refractivity contribution is 0.151. The van der Waals surface area contributed by atoms with Crippen molar-refractivity contribution in [1.29, 1.82) is 0 Å². The van der Waals surface area contributed by atoms with E-state index < -0.39 is 22.2 Å². The van der Waals surface area contributed by atoms with Crippen molar-refractivity contribution in [3.05, 3.63) is 28.8 Å². The lowest BCUT2D eigenvalue weighted by Crippen LogP contribution is -2.34. The topological polar surface area (TPSA) is 58.6 Å². The van der Waals surface area contributed by atoms with E-state index in [1.54, 1.807) is 0 Å². The highest BCUT2D eigenvalue weighted by atomic mass is 35.5. The summed E-state index contributed by atoms with van der Waals surface area (Å²) in [5.41, 5.74) is -0.402.